The van der Waals surface area contributed by atoms with Crippen molar-refractivity contribution in [1.29, 1.82) is 0 Å². The first-order valence-electron chi connectivity index (χ1n) is 7.59. The maximum absolute atomic E-state index is 13.7. The van der Waals surface area contributed by atoms with Gasteiger partial charge in [0, 0.05) is 17.7 Å². The molecule has 1 aliphatic rings. The van der Waals surface area contributed by atoms with E-state index in [0.29, 0.717) is 31.4 Å². The Hall–Kier alpha value is -1.60. The zero-order valence-corrected chi connectivity index (χ0v) is 13.5. The van der Waals surface area contributed by atoms with Crippen LogP contribution in [0.3, 0.4) is 0 Å². The quantitative estimate of drug-likeness (QED) is 0.760. The highest BCUT2D eigenvalue weighted by Gasteiger charge is 2.50. The van der Waals surface area contributed by atoms with Crippen molar-refractivity contribution in [3.05, 3.63) is 52.3 Å². The fourth-order valence-corrected chi connectivity index (χ4v) is 2.82. The van der Waals surface area contributed by atoms with Crippen molar-refractivity contribution in [1.82, 2.24) is 15.1 Å². The van der Waals surface area contributed by atoms with Crippen molar-refractivity contribution in [3.63, 3.8) is 0 Å². The third-order valence-corrected chi connectivity index (χ3v) is 4.73. The van der Waals surface area contributed by atoms with Crippen LogP contribution in [-0.2, 0) is 13.0 Å². The molecule has 0 spiro atoms. The van der Waals surface area contributed by atoms with Crippen molar-refractivity contribution >= 4 is 11.6 Å². The van der Waals surface area contributed by atoms with Crippen molar-refractivity contribution in [2.45, 2.75) is 37.8 Å². The third-order valence-electron chi connectivity index (χ3n) is 4.29. The van der Waals surface area contributed by atoms with Gasteiger partial charge in [-0.3, -0.25) is 0 Å². The lowest BCUT2D eigenvalue weighted by Gasteiger charge is -2.15. The molecule has 1 saturated carbocycles. The highest BCUT2D eigenvalue weighted by molar-refractivity contribution is 6.30. The molecular formula is C16H16ClF4N3. The summed E-state index contributed by atoms with van der Waals surface area (Å²) in [6.45, 7) is 0.204. The van der Waals surface area contributed by atoms with Gasteiger partial charge in [-0.15, -0.1) is 0 Å². The van der Waals surface area contributed by atoms with Gasteiger partial charge in [-0.2, -0.15) is 5.10 Å². The van der Waals surface area contributed by atoms with E-state index in [0.717, 1.165) is 0 Å². The first-order chi connectivity index (χ1) is 11.4. The van der Waals surface area contributed by atoms with E-state index in [1.165, 1.54) is 29.1 Å². The van der Waals surface area contributed by atoms with Gasteiger partial charge >= 0.3 is 0 Å². The summed E-state index contributed by atoms with van der Waals surface area (Å²) in [6, 6.07) is 3.62. The molecule has 130 valence electrons. The monoisotopic (exact) mass is 361 g/mol. The third kappa shape index (κ3) is 3.42. The van der Waals surface area contributed by atoms with Crippen molar-refractivity contribution in [2.24, 2.45) is 0 Å². The van der Waals surface area contributed by atoms with E-state index in [4.69, 9.17) is 11.6 Å². The molecule has 2 aromatic rings. The topological polar surface area (TPSA) is 29.9 Å². The average Bonchev–Trinajstić information content (AvgIpc) is 3.25. The lowest BCUT2D eigenvalue weighted by molar-refractivity contribution is 0.0860. The second-order valence-electron chi connectivity index (χ2n) is 5.95. The van der Waals surface area contributed by atoms with Gasteiger partial charge < -0.3 is 5.32 Å². The first kappa shape index (κ1) is 17.2. The molecule has 0 bridgehead atoms. The molecule has 1 aromatic heterocycles. The van der Waals surface area contributed by atoms with Crippen LogP contribution in [-0.4, -0.2) is 28.3 Å². The van der Waals surface area contributed by atoms with Crippen LogP contribution in [0.5, 0.6) is 0 Å². The van der Waals surface area contributed by atoms with Crippen molar-refractivity contribution in [2.75, 3.05) is 6.54 Å². The molecule has 1 aliphatic carbocycles. The van der Waals surface area contributed by atoms with E-state index in [1.54, 1.807) is 0 Å². The largest absolute Gasteiger partial charge is 0.306 e. The van der Waals surface area contributed by atoms with Gasteiger partial charge in [-0.1, -0.05) is 17.7 Å². The summed E-state index contributed by atoms with van der Waals surface area (Å²) in [4.78, 5) is 0. The van der Waals surface area contributed by atoms with Gasteiger partial charge in [0.05, 0.1) is 18.3 Å². The number of nitrogens with one attached hydrogen (secondary N) is 1. The summed E-state index contributed by atoms with van der Waals surface area (Å²) in [7, 11) is 0. The van der Waals surface area contributed by atoms with Crippen LogP contribution in [0.25, 0.3) is 0 Å². The van der Waals surface area contributed by atoms with Gasteiger partial charge in [-0.05, 0) is 31.4 Å². The van der Waals surface area contributed by atoms with Crippen LogP contribution in [0.4, 0.5) is 17.6 Å². The van der Waals surface area contributed by atoms with Crippen LogP contribution in [0.1, 0.15) is 24.0 Å². The van der Waals surface area contributed by atoms with Crippen molar-refractivity contribution < 1.29 is 17.6 Å². The zero-order valence-electron chi connectivity index (χ0n) is 12.7. The number of hydrogen-bond donors (Lipinski definition) is 1. The summed E-state index contributed by atoms with van der Waals surface area (Å²) >= 11 is 6.19. The van der Waals surface area contributed by atoms with E-state index in [2.05, 4.69) is 10.4 Å². The number of halogens is 5. The molecule has 0 saturated heterocycles. The van der Waals surface area contributed by atoms with Crippen molar-refractivity contribution in [3.8, 4) is 0 Å². The molecular weight excluding hydrogens is 346 g/mol. The smallest absolute Gasteiger partial charge is 0.256 e. The fraction of sp³-hybridized carbons (Fsp3) is 0.438. The Morgan fingerprint density at radius 1 is 1.25 bits per heavy atom. The predicted molar refractivity (Wildman–Crippen MR) is 82.4 cm³/mol. The normalized spacial score (nSPS) is 15.9. The van der Waals surface area contributed by atoms with Gasteiger partial charge in [0.25, 0.3) is 6.43 Å². The highest BCUT2D eigenvalue weighted by Crippen LogP contribution is 2.40. The van der Waals surface area contributed by atoms with Gasteiger partial charge in [0.1, 0.15) is 16.8 Å². The number of rotatable bonds is 7. The molecule has 1 aromatic carbocycles. The molecule has 1 fully saturated rings. The molecule has 3 rings (SSSR count). The molecule has 24 heavy (non-hydrogen) atoms. The predicted octanol–water partition coefficient (Wildman–Crippen LogP) is 3.79. The van der Waals surface area contributed by atoms with Gasteiger partial charge in [0.15, 0.2) is 0 Å². The molecule has 0 radical (unpaired) electrons. The Kier molecular flexibility index (Phi) is 4.83. The van der Waals surface area contributed by atoms with E-state index < -0.39 is 23.6 Å². The van der Waals surface area contributed by atoms with Crippen LogP contribution in [0, 0.1) is 11.6 Å². The number of aromatic nitrogens is 2. The molecule has 0 amide bonds. The summed E-state index contributed by atoms with van der Waals surface area (Å²) in [5.41, 5.74) is -0.536. The lowest BCUT2D eigenvalue weighted by atomic mass is 10.2. The van der Waals surface area contributed by atoms with Crippen LogP contribution in [0.2, 0.25) is 5.15 Å². The lowest BCUT2D eigenvalue weighted by Crippen LogP contribution is -2.39. The minimum atomic E-state index is -2.39. The maximum Gasteiger partial charge on any atom is 0.256 e. The van der Waals surface area contributed by atoms with Gasteiger partial charge in [0.2, 0.25) is 0 Å². The zero-order chi connectivity index (χ0) is 17.3. The van der Waals surface area contributed by atoms with Crippen LogP contribution < -0.4 is 5.32 Å². The molecule has 0 aliphatic heterocycles. The minimum Gasteiger partial charge on any atom is -0.306 e. The summed E-state index contributed by atoms with van der Waals surface area (Å²) in [5.74, 6) is -1.34. The summed E-state index contributed by atoms with van der Waals surface area (Å²) in [5, 5.41) is 7.14. The maximum atomic E-state index is 13.7. The van der Waals surface area contributed by atoms with E-state index in [1.807, 2.05) is 0 Å². The van der Waals surface area contributed by atoms with E-state index in [-0.39, 0.29) is 17.3 Å². The molecule has 8 heteroatoms. The SMILES string of the molecule is Fc1cccc(F)c1Cn1ncc(CCNC2(C(F)F)CC2)c1Cl. The van der Waals surface area contributed by atoms with Crippen LogP contribution in [0.15, 0.2) is 24.4 Å². The second-order valence-corrected chi connectivity index (χ2v) is 6.31. The average molecular weight is 362 g/mol. The summed E-state index contributed by atoms with van der Waals surface area (Å²) < 4.78 is 54.3. The Morgan fingerprint density at radius 3 is 2.50 bits per heavy atom. The number of hydrogen-bond acceptors (Lipinski definition) is 2. The highest BCUT2D eigenvalue weighted by atomic mass is 35.5. The second kappa shape index (κ2) is 6.72. The minimum absolute atomic E-state index is 0.123. The van der Waals surface area contributed by atoms with Gasteiger partial charge in [-0.25, -0.2) is 22.2 Å². The van der Waals surface area contributed by atoms with E-state index in [9.17, 15) is 17.6 Å². The first-order valence-corrected chi connectivity index (χ1v) is 7.97. The molecule has 1 heterocycles. The number of nitrogens with zero attached hydrogens (tertiary/aromatic N) is 2. The fourth-order valence-electron chi connectivity index (χ4n) is 2.57. The number of benzene rings is 1. The Morgan fingerprint density at radius 2 is 1.92 bits per heavy atom. The Bertz CT molecular complexity index is 708. The standard InChI is InChI=1S/C16H16ClF4N3/c17-14-10(4-7-22-16(5-6-16)15(20)21)8-23-24(14)9-11-12(18)2-1-3-13(11)19/h1-3,8,15,22H,4-7,9H2. The number of alkyl halides is 2. The molecule has 0 unspecified atom stereocenters. The Balaban J connectivity index is 1.64. The van der Waals surface area contributed by atoms with Crippen LogP contribution >= 0.6 is 11.6 Å². The Labute approximate surface area is 141 Å². The molecule has 1 N–H and O–H groups in total. The summed E-state index contributed by atoms with van der Waals surface area (Å²) in [6.07, 6.45) is 0.436. The molecule has 3 nitrogen and oxygen atoms in total. The molecule has 0 atom stereocenters. The van der Waals surface area contributed by atoms with E-state index >= 15 is 0 Å².